The van der Waals surface area contributed by atoms with Crippen LogP contribution in [0.4, 0.5) is 0 Å². The van der Waals surface area contributed by atoms with Crippen molar-refractivity contribution in [2.45, 2.75) is 13.0 Å². The topological polar surface area (TPSA) is 58.6 Å². The van der Waals surface area contributed by atoms with Gasteiger partial charge in [0.05, 0.1) is 13.7 Å². The highest BCUT2D eigenvalue weighted by molar-refractivity contribution is 5.78. The number of amides is 1. The van der Waals surface area contributed by atoms with Crippen LogP contribution in [0, 0.1) is 0 Å². The van der Waals surface area contributed by atoms with Gasteiger partial charge in [-0.05, 0) is 24.6 Å². The molecule has 1 fully saturated rings. The third-order valence-electron chi connectivity index (χ3n) is 3.17. The van der Waals surface area contributed by atoms with Crippen LogP contribution in [0.5, 0.6) is 5.75 Å². The molecular weight excluding hydrogens is 244 g/mol. The lowest BCUT2D eigenvalue weighted by Gasteiger charge is -2.20. The minimum absolute atomic E-state index is 0.0445. The second kappa shape index (κ2) is 6.33. The van der Waals surface area contributed by atoms with Gasteiger partial charge in [0.2, 0.25) is 5.91 Å². The molecule has 5 nitrogen and oxygen atoms in total. The largest absolute Gasteiger partial charge is 0.496 e. The molecule has 1 aromatic rings. The molecule has 1 saturated heterocycles. The van der Waals surface area contributed by atoms with Gasteiger partial charge in [0.1, 0.15) is 12.0 Å². The Hall–Kier alpha value is -1.88. The molecule has 0 bridgehead atoms. The van der Waals surface area contributed by atoms with E-state index in [4.69, 9.17) is 4.74 Å². The number of aldehydes is 1. The molecule has 0 radical (unpaired) electrons. The second-order valence-corrected chi connectivity index (χ2v) is 4.60. The number of hydrogen-bond donors (Lipinski definition) is 1. The molecule has 1 aromatic carbocycles. The third-order valence-corrected chi connectivity index (χ3v) is 3.17. The number of benzene rings is 1. The number of methoxy groups -OCH3 is 1. The van der Waals surface area contributed by atoms with Gasteiger partial charge >= 0.3 is 0 Å². The Morgan fingerprint density at radius 2 is 2.32 bits per heavy atom. The first-order chi connectivity index (χ1) is 9.22. The summed E-state index contributed by atoms with van der Waals surface area (Å²) in [6, 6.07) is 5.33. The van der Waals surface area contributed by atoms with Gasteiger partial charge in [-0.2, -0.15) is 0 Å². The molecule has 19 heavy (non-hydrogen) atoms. The van der Waals surface area contributed by atoms with Crippen LogP contribution in [-0.4, -0.2) is 43.8 Å². The van der Waals surface area contributed by atoms with Crippen molar-refractivity contribution in [1.82, 2.24) is 10.2 Å². The highest BCUT2D eigenvalue weighted by atomic mass is 16.5. The van der Waals surface area contributed by atoms with E-state index in [2.05, 4.69) is 10.2 Å². The maximum atomic E-state index is 11.5. The molecule has 0 unspecified atom stereocenters. The van der Waals surface area contributed by atoms with E-state index in [0.717, 1.165) is 37.1 Å². The van der Waals surface area contributed by atoms with Crippen molar-refractivity contribution in [3.05, 3.63) is 29.3 Å². The first kappa shape index (κ1) is 13.5. The maximum absolute atomic E-state index is 11.5. The fourth-order valence-corrected chi connectivity index (χ4v) is 2.24. The fourth-order valence-electron chi connectivity index (χ4n) is 2.24. The Balaban J connectivity index is 2.16. The summed E-state index contributed by atoms with van der Waals surface area (Å²) >= 11 is 0. The summed E-state index contributed by atoms with van der Waals surface area (Å²) in [5.74, 6) is 0.790. The summed E-state index contributed by atoms with van der Waals surface area (Å²) in [5, 5.41) is 2.84. The monoisotopic (exact) mass is 262 g/mol. The molecule has 1 heterocycles. The molecule has 1 aliphatic rings. The Kier molecular flexibility index (Phi) is 4.52. The zero-order valence-electron chi connectivity index (χ0n) is 11.0. The van der Waals surface area contributed by atoms with Crippen LogP contribution < -0.4 is 10.1 Å². The quantitative estimate of drug-likeness (QED) is 0.817. The van der Waals surface area contributed by atoms with E-state index in [1.165, 1.54) is 0 Å². The Labute approximate surface area is 112 Å². The lowest BCUT2D eigenvalue weighted by molar-refractivity contribution is -0.121. The smallest absolute Gasteiger partial charge is 0.234 e. The van der Waals surface area contributed by atoms with Crippen LogP contribution in [0.2, 0.25) is 0 Å². The Bertz CT molecular complexity index is 474. The number of nitrogens with one attached hydrogen (secondary N) is 1. The number of hydrogen-bond acceptors (Lipinski definition) is 4. The van der Waals surface area contributed by atoms with Crippen molar-refractivity contribution >= 4 is 12.2 Å². The maximum Gasteiger partial charge on any atom is 0.234 e. The minimum Gasteiger partial charge on any atom is -0.496 e. The first-order valence-corrected chi connectivity index (χ1v) is 6.34. The van der Waals surface area contributed by atoms with Crippen molar-refractivity contribution in [2.75, 3.05) is 26.7 Å². The number of carbonyl (C=O) groups excluding carboxylic acids is 2. The SMILES string of the molecule is COc1ccc(C=O)cc1CN1CCCNC(=O)C1. The van der Waals surface area contributed by atoms with Gasteiger partial charge in [-0.1, -0.05) is 0 Å². The van der Waals surface area contributed by atoms with E-state index >= 15 is 0 Å². The predicted octanol–water partition coefficient (Wildman–Crippen LogP) is 0.830. The van der Waals surface area contributed by atoms with E-state index in [9.17, 15) is 9.59 Å². The van der Waals surface area contributed by atoms with Gasteiger partial charge in [0.15, 0.2) is 0 Å². The second-order valence-electron chi connectivity index (χ2n) is 4.60. The Morgan fingerprint density at radius 1 is 1.47 bits per heavy atom. The number of rotatable bonds is 4. The van der Waals surface area contributed by atoms with E-state index in [0.29, 0.717) is 18.7 Å². The van der Waals surface area contributed by atoms with Crippen molar-refractivity contribution in [2.24, 2.45) is 0 Å². The fraction of sp³-hybridized carbons (Fsp3) is 0.429. The molecule has 0 aromatic heterocycles. The zero-order chi connectivity index (χ0) is 13.7. The van der Waals surface area contributed by atoms with E-state index < -0.39 is 0 Å². The molecule has 1 N–H and O–H groups in total. The average molecular weight is 262 g/mol. The van der Waals surface area contributed by atoms with Crippen molar-refractivity contribution in [3.63, 3.8) is 0 Å². The van der Waals surface area contributed by atoms with Gasteiger partial charge in [-0.3, -0.25) is 14.5 Å². The average Bonchev–Trinajstić information content (AvgIpc) is 2.63. The number of ether oxygens (including phenoxy) is 1. The Morgan fingerprint density at radius 3 is 3.05 bits per heavy atom. The van der Waals surface area contributed by atoms with Crippen LogP contribution >= 0.6 is 0 Å². The summed E-state index contributed by atoms with van der Waals surface area (Å²) in [5.41, 5.74) is 1.55. The molecule has 0 spiro atoms. The van der Waals surface area contributed by atoms with Gasteiger partial charge in [0, 0.05) is 30.8 Å². The van der Waals surface area contributed by atoms with Crippen molar-refractivity contribution < 1.29 is 14.3 Å². The molecule has 5 heteroatoms. The summed E-state index contributed by atoms with van der Waals surface area (Å²) in [7, 11) is 1.61. The number of carbonyl (C=O) groups is 2. The van der Waals surface area contributed by atoms with E-state index in [1.807, 2.05) is 6.07 Å². The molecule has 0 atom stereocenters. The van der Waals surface area contributed by atoms with Gasteiger partial charge in [0.25, 0.3) is 0 Å². The van der Waals surface area contributed by atoms with Crippen LogP contribution in [0.25, 0.3) is 0 Å². The molecule has 2 rings (SSSR count). The third kappa shape index (κ3) is 3.54. The lowest BCUT2D eigenvalue weighted by atomic mass is 10.1. The molecule has 102 valence electrons. The van der Waals surface area contributed by atoms with Crippen LogP contribution in [0.3, 0.4) is 0 Å². The molecular formula is C14H18N2O3. The molecule has 1 amide bonds. The molecule has 0 aliphatic carbocycles. The van der Waals surface area contributed by atoms with Gasteiger partial charge < -0.3 is 10.1 Å². The molecule has 1 aliphatic heterocycles. The summed E-state index contributed by atoms with van der Waals surface area (Å²) in [4.78, 5) is 24.4. The van der Waals surface area contributed by atoms with Gasteiger partial charge in [-0.15, -0.1) is 0 Å². The predicted molar refractivity (Wildman–Crippen MR) is 71.3 cm³/mol. The summed E-state index contributed by atoms with van der Waals surface area (Å²) in [6.07, 6.45) is 1.75. The van der Waals surface area contributed by atoms with Crippen LogP contribution in [0.15, 0.2) is 18.2 Å². The van der Waals surface area contributed by atoms with Crippen LogP contribution in [-0.2, 0) is 11.3 Å². The van der Waals surface area contributed by atoms with Gasteiger partial charge in [-0.25, -0.2) is 0 Å². The first-order valence-electron chi connectivity index (χ1n) is 6.34. The highest BCUT2D eigenvalue weighted by Crippen LogP contribution is 2.21. The number of nitrogens with zero attached hydrogens (tertiary/aromatic N) is 1. The lowest BCUT2D eigenvalue weighted by Crippen LogP contribution is -2.32. The minimum atomic E-state index is 0.0445. The zero-order valence-corrected chi connectivity index (χ0v) is 11.0. The van der Waals surface area contributed by atoms with Crippen molar-refractivity contribution in [1.29, 1.82) is 0 Å². The summed E-state index contributed by atoms with van der Waals surface area (Å²) in [6.45, 7) is 2.57. The van der Waals surface area contributed by atoms with Crippen LogP contribution in [0.1, 0.15) is 22.3 Å². The van der Waals surface area contributed by atoms with Crippen molar-refractivity contribution in [3.8, 4) is 5.75 Å². The highest BCUT2D eigenvalue weighted by Gasteiger charge is 2.16. The van der Waals surface area contributed by atoms with E-state index in [-0.39, 0.29) is 5.91 Å². The summed E-state index contributed by atoms with van der Waals surface area (Å²) < 4.78 is 5.30. The standard InChI is InChI=1S/C14H18N2O3/c1-19-13-4-3-11(10-17)7-12(13)8-16-6-2-5-15-14(18)9-16/h3-4,7,10H,2,5-6,8-9H2,1H3,(H,15,18). The molecule has 0 saturated carbocycles. The van der Waals surface area contributed by atoms with E-state index in [1.54, 1.807) is 19.2 Å². The normalized spacial score (nSPS) is 16.6.